The van der Waals surface area contributed by atoms with Crippen molar-refractivity contribution in [2.75, 3.05) is 0 Å². The predicted molar refractivity (Wildman–Crippen MR) is 74.3 cm³/mol. The number of alkyl halides is 2. The number of rotatable bonds is 5. The largest absolute Gasteiger partial charge is 0.434 e. The number of nitrogens with one attached hydrogen (secondary N) is 1. The van der Waals surface area contributed by atoms with Gasteiger partial charge in [-0.15, -0.1) is 0 Å². The molecule has 1 aromatic carbocycles. The Labute approximate surface area is 117 Å². The Hall–Kier alpha value is -1.46. The van der Waals surface area contributed by atoms with E-state index in [2.05, 4.69) is 16.2 Å². The lowest BCUT2D eigenvalue weighted by atomic mass is 9.95. The first-order valence-electron chi connectivity index (χ1n) is 6.91. The first-order chi connectivity index (χ1) is 9.72. The van der Waals surface area contributed by atoms with Crippen LogP contribution in [0.1, 0.15) is 43.7 Å². The van der Waals surface area contributed by atoms with E-state index in [-0.39, 0.29) is 11.8 Å². The van der Waals surface area contributed by atoms with Crippen LogP contribution in [0.15, 0.2) is 35.9 Å². The fourth-order valence-electron chi connectivity index (χ4n) is 2.62. The van der Waals surface area contributed by atoms with Crippen molar-refractivity contribution >= 4 is 0 Å². The Morgan fingerprint density at radius 1 is 1.15 bits per heavy atom. The Morgan fingerprint density at radius 2 is 1.95 bits per heavy atom. The zero-order valence-corrected chi connectivity index (χ0v) is 11.3. The average Bonchev–Trinajstić information content (AvgIpc) is 2.70. The molecular formula is C15H20F2N2O. The topological polar surface area (TPSA) is 47.3 Å². The minimum atomic E-state index is -2.84. The summed E-state index contributed by atoms with van der Waals surface area (Å²) in [4.78, 5) is 0. The van der Waals surface area contributed by atoms with E-state index in [9.17, 15) is 8.78 Å². The Morgan fingerprint density at radius 3 is 2.70 bits per heavy atom. The van der Waals surface area contributed by atoms with Gasteiger partial charge in [0.05, 0.1) is 6.04 Å². The fourth-order valence-corrected chi connectivity index (χ4v) is 2.62. The molecule has 0 saturated heterocycles. The molecule has 0 spiro atoms. The van der Waals surface area contributed by atoms with Crippen LogP contribution in [0.25, 0.3) is 0 Å². The van der Waals surface area contributed by atoms with Crippen molar-refractivity contribution in [3.8, 4) is 5.75 Å². The summed E-state index contributed by atoms with van der Waals surface area (Å²) in [6, 6.07) is 6.52. The lowest BCUT2D eigenvalue weighted by Crippen LogP contribution is -2.30. The number of hydrogen-bond acceptors (Lipinski definition) is 3. The highest BCUT2D eigenvalue weighted by Crippen LogP contribution is 2.34. The molecule has 1 aliphatic carbocycles. The molecule has 3 N–H and O–H groups in total. The second-order valence-electron chi connectivity index (χ2n) is 4.89. The van der Waals surface area contributed by atoms with E-state index >= 15 is 0 Å². The molecule has 0 heterocycles. The van der Waals surface area contributed by atoms with Crippen LogP contribution in [-0.2, 0) is 0 Å². The van der Waals surface area contributed by atoms with E-state index in [0.717, 1.165) is 31.3 Å². The van der Waals surface area contributed by atoms with Gasteiger partial charge >= 0.3 is 6.61 Å². The summed E-state index contributed by atoms with van der Waals surface area (Å²) in [5.41, 5.74) is 4.54. The molecule has 110 valence electrons. The number of halogens is 2. The molecule has 1 unspecified atom stereocenters. The van der Waals surface area contributed by atoms with Gasteiger partial charge in [0.2, 0.25) is 0 Å². The molecule has 2 rings (SSSR count). The maximum atomic E-state index is 12.5. The number of hydrazine groups is 1. The minimum absolute atomic E-state index is 0.176. The lowest BCUT2D eigenvalue weighted by molar-refractivity contribution is -0.0506. The number of para-hydroxylation sites is 1. The standard InChI is InChI=1S/C15H20F2N2O/c16-15(17)20-13-10-6-5-9-12(13)14(19-18)11-7-3-1-2-4-8-11/h5-7,9-10,14-15,19H,1-4,8,18H2. The Bertz CT molecular complexity index is 463. The highest BCUT2D eigenvalue weighted by molar-refractivity contribution is 5.40. The van der Waals surface area contributed by atoms with Gasteiger partial charge in [0.25, 0.3) is 0 Å². The monoisotopic (exact) mass is 282 g/mol. The zero-order valence-electron chi connectivity index (χ0n) is 11.3. The second kappa shape index (κ2) is 7.36. The third-order valence-corrected chi connectivity index (χ3v) is 3.56. The summed E-state index contributed by atoms with van der Waals surface area (Å²) in [6.07, 6.45) is 7.55. The normalized spacial score (nSPS) is 17.5. The number of hydrogen-bond donors (Lipinski definition) is 2. The van der Waals surface area contributed by atoms with Crippen LogP contribution in [0.4, 0.5) is 8.78 Å². The van der Waals surface area contributed by atoms with Crippen molar-refractivity contribution in [1.29, 1.82) is 0 Å². The van der Waals surface area contributed by atoms with Crippen LogP contribution < -0.4 is 16.0 Å². The molecule has 3 nitrogen and oxygen atoms in total. The van der Waals surface area contributed by atoms with Crippen molar-refractivity contribution in [1.82, 2.24) is 5.43 Å². The summed E-state index contributed by atoms with van der Waals surface area (Å²) < 4.78 is 29.6. The molecular weight excluding hydrogens is 262 g/mol. The first-order valence-corrected chi connectivity index (χ1v) is 6.91. The summed E-state index contributed by atoms with van der Waals surface area (Å²) >= 11 is 0. The van der Waals surface area contributed by atoms with E-state index in [1.165, 1.54) is 6.42 Å². The molecule has 0 fully saturated rings. The molecule has 0 bridgehead atoms. The van der Waals surface area contributed by atoms with Crippen LogP contribution >= 0.6 is 0 Å². The molecule has 1 atom stereocenters. The summed E-state index contributed by atoms with van der Waals surface area (Å²) in [5.74, 6) is 5.83. The molecule has 0 saturated carbocycles. The maximum absolute atomic E-state index is 12.5. The smallest absolute Gasteiger partial charge is 0.387 e. The fraction of sp³-hybridized carbons (Fsp3) is 0.467. The van der Waals surface area contributed by atoms with Gasteiger partial charge in [0.1, 0.15) is 5.75 Å². The van der Waals surface area contributed by atoms with Gasteiger partial charge in [-0.3, -0.25) is 5.84 Å². The molecule has 1 aromatic rings. The van der Waals surface area contributed by atoms with Crippen molar-refractivity contribution in [2.45, 2.75) is 44.8 Å². The van der Waals surface area contributed by atoms with Crippen molar-refractivity contribution in [2.24, 2.45) is 5.84 Å². The quantitative estimate of drug-likeness (QED) is 0.492. The van der Waals surface area contributed by atoms with Crippen LogP contribution in [-0.4, -0.2) is 6.61 Å². The van der Waals surface area contributed by atoms with Crippen molar-refractivity contribution in [3.05, 3.63) is 41.5 Å². The van der Waals surface area contributed by atoms with Gasteiger partial charge in [0.15, 0.2) is 0 Å². The van der Waals surface area contributed by atoms with Crippen LogP contribution in [0.5, 0.6) is 5.75 Å². The first kappa shape index (κ1) is 14.9. The number of ether oxygens (including phenoxy) is 1. The van der Waals surface area contributed by atoms with E-state index < -0.39 is 6.61 Å². The zero-order chi connectivity index (χ0) is 14.4. The average molecular weight is 282 g/mol. The van der Waals surface area contributed by atoms with Crippen molar-refractivity contribution in [3.63, 3.8) is 0 Å². The Kier molecular flexibility index (Phi) is 5.49. The number of benzene rings is 1. The molecule has 0 aliphatic heterocycles. The molecule has 0 aromatic heterocycles. The second-order valence-corrected chi connectivity index (χ2v) is 4.89. The molecule has 5 heteroatoms. The SMILES string of the molecule is NNC(C1=CCCCCC1)c1ccccc1OC(F)F. The number of nitrogens with two attached hydrogens (primary N) is 1. The molecule has 0 amide bonds. The lowest BCUT2D eigenvalue weighted by Gasteiger charge is -2.22. The van der Waals surface area contributed by atoms with Gasteiger partial charge < -0.3 is 4.74 Å². The minimum Gasteiger partial charge on any atom is -0.434 e. The summed E-state index contributed by atoms with van der Waals surface area (Å²) in [7, 11) is 0. The summed E-state index contributed by atoms with van der Waals surface area (Å²) in [6.45, 7) is -2.84. The van der Waals surface area contributed by atoms with E-state index in [1.807, 2.05) is 0 Å². The third-order valence-electron chi connectivity index (χ3n) is 3.56. The van der Waals surface area contributed by atoms with E-state index in [0.29, 0.717) is 5.56 Å². The van der Waals surface area contributed by atoms with Crippen LogP contribution in [0.2, 0.25) is 0 Å². The summed E-state index contributed by atoms with van der Waals surface area (Å²) in [5, 5.41) is 0. The van der Waals surface area contributed by atoms with Gasteiger partial charge in [-0.25, -0.2) is 5.43 Å². The van der Waals surface area contributed by atoms with Crippen molar-refractivity contribution < 1.29 is 13.5 Å². The highest BCUT2D eigenvalue weighted by Gasteiger charge is 2.21. The van der Waals surface area contributed by atoms with Gasteiger partial charge in [-0.2, -0.15) is 8.78 Å². The van der Waals surface area contributed by atoms with Crippen LogP contribution in [0.3, 0.4) is 0 Å². The van der Waals surface area contributed by atoms with E-state index in [1.54, 1.807) is 24.3 Å². The maximum Gasteiger partial charge on any atom is 0.387 e. The van der Waals surface area contributed by atoms with E-state index in [4.69, 9.17) is 5.84 Å². The Balaban J connectivity index is 2.28. The molecule has 20 heavy (non-hydrogen) atoms. The third kappa shape index (κ3) is 3.77. The predicted octanol–water partition coefficient (Wildman–Crippen LogP) is 3.68. The van der Waals surface area contributed by atoms with Gasteiger partial charge in [-0.1, -0.05) is 36.3 Å². The highest BCUT2D eigenvalue weighted by atomic mass is 19.3. The molecule has 0 radical (unpaired) electrons. The molecule has 1 aliphatic rings. The van der Waals surface area contributed by atoms with Gasteiger partial charge in [0, 0.05) is 5.56 Å². The van der Waals surface area contributed by atoms with Gasteiger partial charge in [-0.05, 0) is 31.7 Å². The number of allylic oxidation sites excluding steroid dienone is 1. The van der Waals surface area contributed by atoms with Crippen LogP contribution in [0, 0.1) is 0 Å².